The molecule has 0 amide bonds. The van der Waals surface area contributed by atoms with Crippen LogP contribution in [0, 0.1) is 0 Å². The summed E-state index contributed by atoms with van der Waals surface area (Å²) in [4.78, 5) is 11.0. The molecule has 3 aromatic rings. The standard InChI is InChI=1S/C17H21N7.ClH/c1-22-8-7-20-17(22)16-10-18-6-9-23(16)11-14-2-4-15(5-3-14)24-13-19-12-21-24;/h2-5,7-8,12-13,16,18H,6,9-11H2,1H3;1H. The van der Waals surface area contributed by atoms with Crippen LogP contribution in [0.15, 0.2) is 49.3 Å². The van der Waals surface area contributed by atoms with Crippen LogP contribution in [-0.2, 0) is 13.6 Å². The van der Waals surface area contributed by atoms with E-state index < -0.39 is 0 Å². The Hall–Kier alpha value is -2.22. The van der Waals surface area contributed by atoms with Gasteiger partial charge in [0.1, 0.15) is 18.5 Å². The molecule has 1 aliphatic rings. The second-order valence-electron chi connectivity index (χ2n) is 6.09. The summed E-state index contributed by atoms with van der Waals surface area (Å²) in [5, 5.41) is 7.64. The van der Waals surface area contributed by atoms with Crippen molar-refractivity contribution in [3.8, 4) is 5.69 Å². The first-order valence-electron chi connectivity index (χ1n) is 8.17. The number of imidazole rings is 1. The molecule has 1 atom stereocenters. The molecule has 1 fully saturated rings. The van der Waals surface area contributed by atoms with Crippen LogP contribution in [0.5, 0.6) is 0 Å². The zero-order valence-corrected chi connectivity index (χ0v) is 14.9. The normalized spacial score (nSPS) is 18.0. The van der Waals surface area contributed by atoms with Crippen LogP contribution in [0.3, 0.4) is 0 Å². The van der Waals surface area contributed by atoms with Crippen LogP contribution in [0.2, 0.25) is 0 Å². The Morgan fingerprint density at radius 2 is 2.08 bits per heavy atom. The summed E-state index contributed by atoms with van der Waals surface area (Å²) in [5.74, 6) is 1.11. The fourth-order valence-electron chi connectivity index (χ4n) is 3.22. The molecule has 1 unspecified atom stereocenters. The predicted molar refractivity (Wildman–Crippen MR) is 97.8 cm³/mol. The Kier molecular flexibility index (Phi) is 5.47. The molecule has 1 aliphatic heterocycles. The van der Waals surface area contributed by atoms with Gasteiger partial charge in [-0.2, -0.15) is 5.10 Å². The molecule has 132 valence electrons. The molecule has 1 aromatic carbocycles. The minimum absolute atomic E-state index is 0. The van der Waals surface area contributed by atoms with E-state index in [1.54, 1.807) is 17.3 Å². The first-order valence-corrected chi connectivity index (χ1v) is 8.17. The van der Waals surface area contributed by atoms with Gasteiger partial charge in [0, 0.05) is 45.6 Å². The van der Waals surface area contributed by atoms with E-state index in [2.05, 4.69) is 61.2 Å². The van der Waals surface area contributed by atoms with Gasteiger partial charge in [0.15, 0.2) is 0 Å². The number of aryl methyl sites for hydroxylation is 1. The summed E-state index contributed by atoms with van der Waals surface area (Å²) in [6, 6.07) is 8.79. The predicted octanol–water partition coefficient (Wildman–Crippen LogP) is 1.57. The van der Waals surface area contributed by atoms with Crippen LogP contribution in [0.1, 0.15) is 17.4 Å². The molecule has 1 N–H and O–H groups in total. The number of hydrogen-bond donors (Lipinski definition) is 1. The van der Waals surface area contributed by atoms with Crippen LogP contribution in [0.25, 0.3) is 5.69 Å². The Bertz CT molecular complexity index is 782. The number of rotatable bonds is 4. The number of piperazine rings is 1. The molecule has 0 bridgehead atoms. The maximum absolute atomic E-state index is 4.54. The maximum Gasteiger partial charge on any atom is 0.138 e. The molecule has 0 spiro atoms. The van der Waals surface area contributed by atoms with Gasteiger partial charge in [-0.25, -0.2) is 14.6 Å². The van der Waals surface area contributed by atoms with E-state index in [1.165, 1.54) is 5.56 Å². The van der Waals surface area contributed by atoms with Crippen molar-refractivity contribution in [1.29, 1.82) is 0 Å². The summed E-state index contributed by atoms with van der Waals surface area (Å²) in [7, 11) is 2.06. The molecule has 4 rings (SSSR count). The van der Waals surface area contributed by atoms with Crippen molar-refractivity contribution in [3.63, 3.8) is 0 Å². The molecule has 8 heteroatoms. The van der Waals surface area contributed by atoms with E-state index in [-0.39, 0.29) is 12.4 Å². The molecular formula is C17H22ClN7. The van der Waals surface area contributed by atoms with E-state index in [0.29, 0.717) is 6.04 Å². The van der Waals surface area contributed by atoms with Gasteiger partial charge in [-0.3, -0.25) is 4.90 Å². The van der Waals surface area contributed by atoms with E-state index in [1.807, 2.05) is 12.4 Å². The smallest absolute Gasteiger partial charge is 0.138 e. The van der Waals surface area contributed by atoms with Gasteiger partial charge in [-0.15, -0.1) is 12.4 Å². The van der Waals surface area contributed by atoms with Gasteiger partial charge in [0.25, 0.3) is 0 Å². The van der Waals surface area contributed by atoms with Gasteiger partial charge < -0.3 is 9.88 Å². The SMILES string of the molecule is Cl.Cn1ccnc1C1CNCCN1Cc1ccc(-n2cncn2)cc1. The highest BCUT2D eigenvalue weighted by molar-refractivity contribution is 5.85. The lowest BCUT2D eigenvalue weighted by atomic mass is 10.1. The molecule has 25 heavy (non-hydrogen) atoms. The second-order valence-corrected chi connectivity index (χ2v) is 6.09. The van der Waals surface area contributed by atoms with Gasteiger partial charge in [-0.1, -0.05) is 12.1 Å². The topological polar surface area (TPSA) is 63.8 Å². The number of aromatic nitrogens is 5. The highest BCUT2D eigenvalue weighted by Crippen LogP contribution is 2.23. The highest BCUT2D eigenvalue weighted by atomic mass is 35.5. The third kappa shape index (κ3) is 3.73. The van der Waals surface area contributed by atoms with E-state index in [9.17, 15) is 0 Å². The lowest BCUT2D eigenvalue weighted by Gasteiger charge is -2.35. The first-order chi connectivity index (χ1) is 11.8. The van der Waals surface area contributed by atoms with Crippen molar-refractivity contribution >= 4 is 12.4 Å². The van der Waals surface area contributed by atoms with Crippen LogP contribution < -0.4 is 5.32 Å². The molecule has 0 saturated carbocycles. The number of nitrogens with zero attached hydrogens (tertiary/aromatic N) is 6. The Morgan fingerprint density at radius 3 is 2.76 bits per heavy atom. The Morgan fingerprint density at radius 1 is 1.24 bits per heavy atom. The molecule has 0 aliphatic carbocycles. The molecule has 3 heterocycles. The van der Waals surface area contributed by atoms with Gasteiger partial charge in [0.2, 0.25) is 0 Å². The summed E-state index contributed by atoms with van der Waals surface area (Å²) >= 11 is 0. The molecule has 0 radical (unpaired) electrons. The van der Waals surface area contributed by atoms with Crippen molar-refractivity contribution in [2.75, 3.05) is 19.6 Å². The van der Waals surface area contributed by atoms with Crippen LogP contribution in [-0.4, -0.2) is 48.8 Å². The molecule has 7 nitrogen and oxygen atoms in total. The minimum Gasteiger partial charge on any atom is -0.337 e. The third-order valence-corrected chi connectivity index (χ3v) is 4.52. The maximum atomic E-state index is 4.54. The average Bonchev–Trinajstić information content (AvgIpc) is 3.28. The third-order valence-electron chi connectivity index (χ3n) is 4.52. The summed E-state index contributed by atoms with van der Waals surface area (Å²) < 4.78 is 3.88. The fraction of sp³-hybridized carbons (Fsp3) is 0.353. The largest absolute Gasteiger partial charge is 0.337 e. The Balaban J connectivity index is 0.00000182. The number of halogens is 1. The van der Waals surface area contributed by atoms with E-state index >= 15 is 0 Å². The van der Waals surface area contributed by atoms with Crippen molar-refractivity contribution in [2.24, 2.45) is 7.05 Å². The van der Waals surface area contributed by atoms with Gasteiger partial charge in [0.05, 0.1) is 11.7 Å². The summed E-state index contributed by atoms with van der Waals surface area (Å²) in [6.07, 6.45) is 7.14. The number of benzene rings is 1. The van der Waals surface area contributed by atoms with Crippen molar-refractivity contribution < 1.29 is 0 Å². The van der Waals surface area contributed by atoms with Crippen LogP contribution in [0.4, 0.5) is 0 Å². The number of hydrogen-bond acceptors (Lipinski definition) is 5. The van der Waals surface area contributed by atoms with E-state index in [4.69, 9.17) is 0 Å². The second kappa shape index (κ2) is 7.77. The molecule has 2 aromatic heterocycles. The van der Waals surface area contributed by atoms with Crippen molar-refractivity contribution in [2.45, 2.75) is 12.6 Å². The first kappa shape index (κ1) is 17.6. The molecule has 1 saturated heterocycles. The summed E-state index contributed by atoms with van der Waals surface area (Å²) in [6.45, 7) is 3.87. The monoisotopic (exact) mass is 359 g/mol. The average molecular weight is 360 g/mol. The van der Waals surface area contributed by atoms with Crippen molar-refractivity contribution in [3.05, 3.63) is 60.7 Å². The molecular weight excluding hydrogens is 338 g/mol. The minimum atomic E-state index is 0. The lowest BCUT2D eigenvalue weighted by Crippen LogP contribution is -2.46. The van der Waals surface area contributed by atoms with E-state index in [0.717, 1.165) is 37.7 Å². The zero-order chi connectivity index (χ0) is 16.4. The Labute approximate surface area is 153 Å². The van der Waals surface area contributed by atoms with Gasteiger partial charge in [-0.05, 0) is 17.7 Å². The summed E-state index contributed by atoms with van der Waals surface area (Å²) in [5.41, 5.74) is 2.32. The van der Waals surface area contributed by atoms with Gasteiger partial charge >= 0.3 is 0 Å². The zero-order valence-electron chi connectivity index (χ0n) is 14.1. The highest BCUT2D eigenvalue weighted by Gasteiger charge is 2.26. The quantitative estimate of drug-likeness (QED) is 0.766. The lowest BCUT2D eigenvalue weighted by molar-refractivity contribution is 0.145. The number of nitrogens with one attached hydrogen (secondary N) is 1. The fourth-order valence-corrected chi connectivity index (χ4v) is 3.22. The van der Waals surface area contributed by atoms with Crippen molar-refractivity contribution in [1.82, 2.24) is 34.5 Å². The van der Waals surface area contributed by atoms with Crippen LogP contribution >= 0.6 is 12.4 Å².